The summed E-state index contributed by atoms with van der Waals surface area (Å²) in [7, 11) is 2.01. The highest BCUT2D eigenvalue weighted by molar-refractivity contribution is 5.84. The molecule has 2 aromatic rings. The quantitative estimate of drug-likeness (QED) is 0.773. The van der Waals surface area contributed by atoms with Crippen LogP contribution >= 0.6 is 0 Å². The van der Waals surface area contributed by atoms with Crippen LogP contribution < -0.4 is 0 Å². The van der Waals surface area contributed by atoms with E-state index in [1.54, 1.807) is 0 Å². The van der Waals surface area contributed by atoms with Crippen LogP contribution in [0.5, 0.6) is 0 Å². The normalized spacial score (nSPS) is 32.9. The van der Waals surface area contributed by atoms with Gasteiger partial charge in [0.1, 0.15) is 0 Å². The molecule has 0 atom stereocenters. The van der Waals surface area contributed by atoms with Crippen molar-refractivity contribution in [2.45, 2.75) is 45.1 Å². The molecule has 2 nitrogen and oxygen atoms in total. The fourth-order valence-electron chi connectivity index (χ4n) is 6.46. The lowest BCUT2D eigenvalue weighted by Gasteiger charge is -2.56. The Hall–Kier alpha value is -1.83. The van der Waals surface area contributed by atoms with E-state index in [1.165, 1.54) is 35.6 Å². The van der Waals surface area contributed by atoms with Gasteiger partial charge >= 0.3 is 0 Å². The predicted octanol–water partition coefficient (Wildman–Crippen LogP) is 5.01. The van der Waals surface area contributed by atoms with E-state index < -0.39 is 0 Å². The average Bonchev–Trinajstić information content (AvgIpc) is 2.60. The molecule has 2 aromatic carbocycles. The minimum atomic E-state index is -0.0274. The fourth-order valence-corrected chi connectivity index (χ4v) is 6.46. The van der Waals surface area contributed by atoms with E-state index >= 15 is 0 Å². The molecule has 0 N–H and O–H groups in total. The first kappa shape index (κ1) is 15.4. The molecule has 0 unspecified atom stereocenters. The molecule has 0 aromatic heterocycles. The Morgan fingerprint density at radius 3 is 2.20 bits per heavy atom. The second kappa shape index (κ2) is 5.59. The van der Waals surface area contributed by atoms with Crippen LogP contribution in [0.1, 0.15) is 44.1 Å². The topological polar surface area (TPSA) is 20.3 Å². The number of carbonyl (C=O) groups excluding carboxylic acids is 1. The maximum absolute atomic E-state index is 13.4. The summed E-state index contributed by atoms with van der Waals surface area (Å²) in [5, 5.41) is 2.52. The molecule has 0 spiro atoms. The summed E-state index contributed by atoms with van der Waals surface area (Å²) < 4.78 is 0. The van der Waals surface area contributed by atoms with Crippen molar-refractivity contribution in [2.75, 3.05) is 7.05 Å². The molecule has 0 heterocycles. The summed E-state index contributed by atoms with van der Waals surface area (Å²) in [6.07, 6.45) is 7.63. The summed E-state index contributed by atoms with van der Waals surface area (Å²) in [6.45, 7) is 0.728. The molecule has 2 heteroatoms. The SMILES string of the molecule is CN(Cc1ccc2ccccc2c1)C(=O)C12CC3CC(CC(C3)C1)C2. The van der Waals surface area contributed by atoms with Gasteiger partial charge in [-0.3, -0.25) is 4.79 Å². The van der Waals surface area contributed by atoms with Gasteiger partial charge < -0.3 is 4.90 Å². The van der Waals surface area contributed by atoms with Gasteiger partial charge in [0, 0.05) is 13.6 Å². The smallest absolute Gasteiger partial charge is 0.228 e. The van der Waals surface area contributed by atoms with Crippen LogP contribution in [-0.2, 0) is 11.3 Å². The predicted molar refractivity (Wildman–Crippen MR) is 101 cm³/mol. The number of nitrogens with zero attached hydrogens (tertiary/aromatic N) is 1. The molecule has 0 aliphatic heterocycles. The van der Waals surface area contributed by atoms with Gasteiger partial charge in [0.15, 0.2) is 0 Å². The average molecular weight is 333 g/mol. The van der Waals surface area contributed by atoms with Crippen molar-refractivity contribution >= 4 is 16.7 Å². The standard InChI is InChI=1S/C23H27NO/c1-24(15-16-6-7-20-4-2-3-5-21(20)11-16)22(25)23-12-17-8-18(13-23)10-19(9-17)14-23/h2-7,11,17-19H,8-10,12-15H2,1H3. The second-order valence-corrected chi connectivity index (χ2v) is 9.04. The first-order valence-corrected chi connectivity index (χ1v) is 9.85. The van der Waals surface area contributed by atoms with Crippen molar-refractivity contribution in [3.8, 4) is 0 Å². The van der Waals surface area contributed by atoms with E-state index in [4.69, 9.17) is 0 Å². The van der Waals surface area contributed by atoms with Crippen LogP contribution in [0, 0.1) is 23.2 Å². The Bertz CT molecular complexity index is 788. The summed E-state index contributed by atoms with van der Waals surface area (Å²) in [6, 6.07) is 15.0. The van der Waals surface area contributed by atoms with Gasteiger partial charge in [-0.25, -0.2) is 0 Å². The zero-order valence-electron chi connectivity index (χ0n) is 15.1. The lowest BCUT2D eigenvalue weighted by molar-refractivity contribution is -0.156. The van der Waals surface area contributed by atoms with Crippen molar-refractivity contribution in [3.05, 3.63) is 48.0 Å². The highest BCUT2D eigenvalue weighted by Gasteiger charge is 2.55. The number of hydrogen-bond donors (Lipinski definition) is 0. The van der Waals surface area contributed by atoms with Crippen LogP contribution in [0.4, 0.5) is 0 Å². The number of rotatable bonds is 3. The molecule has 130 valence electrons. The van der Waals surface area contributed by atoms with Crippen LogP contribution in [-0.4, -0.2) is 17.9 Å². The molecular formula is C23H27NO. The maximum Gasteiger partial charge on any atom is 0.228 e. The number of carbonyl (C=O) groups is 1. The lowest BCUT2D eigenvalue weighted by Crippen LogP contribution is -2.53. The third-order valence-corrected chi connectivity index (χ3v) is 7.07. The lowest BCUT2D eigenvalue weighted by atomic mass is 9.49. The highest BCUT2D eigenvalue weighted by atomic mass is 16.2. The molecule has 4 aliphatic rings. The Kier molecular flexibility index (Phi) is 3.45. The van der Waals surface area contributed by atoms with Crippen molar-refractivity contribution in [2.24, 2.45) is 23.2 Å². The van der Waals surface area contributed by atoms with Gasteiger partial charge in [0.05, 0.1) is 5.41 Å². The van der Waals surface area contributed by atoms with Gasteiger partial charge in [-0.1, -0.05) is 36.4 Å². The minimum absolute atomic E-state index is 0.0274. The number of benzene rings is 2. The van der Waals surface area contributed by atoms with Gasteiger partial charge in [-0.05, 0) is 78.7 Å². The van der Waals surface area contributed by atoms with Crippen LogP contribution in [0.3, 0.4) is 0 Å². The third kappa shape index (κ3) is 2.58. The zero-order chi connectivity index (χ0) is 17.0. The molecule has 4 saturated carbocycles. The Labute approximate surface area is 150 Å². The Morgan fingerprint density at radius 2 is 1.56 bits per heavy atom. The van der Waals surface area contributed by atoms with Crippen LogP contribution in [0.25, 0.3) is 10.8 Å². The summed E-state index contributed by atoms with van der Waals surface area (Å²) in [5.41, 5.74) is 1.21. The molecule has 25 heavy (non-hydrogen) atoms. The largest absolute Gasteiger partial charge is 0.341 e. The van der Waals surface area contributed by atoms with Crippen LogP contribution in [0.2, 0.25) is 0 Å². The van der Waals surface area contributed by atoms with Crippen molar-refractivity contribution in [1.29, 1.82) is 0 Å². The zero-order valence-corrected chi connectivity index (χ0v) is 15.1. The van der Waals surface area contributed by atoms with Crippen molar-refractivity contribution in [3.63, 3.8) is 0 Å². The van der Waals surface area contributed by atoms with Gasteiger partial charge in [-0.15, -0.1) is 0 Å². The minimum Gasteiger partial charge on any atom is -0.341 e. The van der Waals surface area contributed by atoms with Crippen molar-refractivity contribution in [1.82, 2.24) is 4.90 Å². The number of fused-ring (bicyclic) bond motifs is 1. The van der Waals surface area contributed by atoms with E-state index in [9.17, 15) is 4.79 Å². The molecule has 0 radical (unpaired) electrons. The van der Waals surface area contributed by atoms with Gasteiger partial charge in [0.25, 0.3) is 0 Å². The first-order valence-electron chi connectivity index (χ1n) is 9.85. The fraction of sp³-hybridized carbons (Fsp3) is 0.522. The monoisotopic (exact) mass is 333 g/mol. The van der Waals surface area contributed by atoms with Gasteiger partial charge in [-0.2, -0.15) is 0 Å². The molecule has 4 bridgehead atoms. The van der Waals surface area contributed by atoms with Crippen molar-refractivity contribution < 1.29 is 4.79 Å². The van der Waals surface area contributed by atoms with E-state index in [0.29, 0.717) is 5.91 Å². The van der Waals surface area contributed by atoms with Gasteiger partial charge in [0.2, 0.25) is 5.91 Å². The summed E-state index contributed by atoms with van der Waals surface area (Å²) in [5.74, 6) is 2.89. The first-order chi connectivity index (χ1) is 12.1. The third-order valence-electron chi connectivity index (χ3n) is 7.07. The second-order valence-electron chi connectivity index (χ2n) is 9.04. The molecule has 6 rings (SSSR count). The molecular weight excluding hydrogens is 306 g/mol. The van der Waals surface area contributed by atoms with Crippen LogP contribution in [0.15, 0.2) is 42.5 Å². The summed E-state index contributed by atoms with van der Waals surface area (Å²) >= 11 is 0. The molecule has 1 amide bonds. The Morgan fingerprint density at radius 1 is 0.960 bits per heavy atom. The maximum atomic E-state index is 13.4. The number of amides is 1. The molecule has 4 fully saturated rings. The summed E-state index contributed by atoms with van der Waals surface area (Å²) in [4.78, 5) is 15.4. The molecule has 0 saturated heterocycles. The van der Waals surface area contributed by atoms with E-state index in [1.807, 2.05) is 11.9 Å². The van der Waals surface area contributed by atoms with E-state index in [2.05, 4.69) is 42.5 Å². The molecule has 4 aliphatic carbocycles. The van der Waals surface area contributed by atoms with E-state index in [0.717, 1.165) is 43.6 Å². The van der Waals surface area contributed by atoms with E-state index in [-0.39, 0.29) is 5.41 Å². The number of hydrogen-bond acceptors (Lipinski definition) is 1. The highest BCUT2D eigenvalue weighted by Crippen LogP contribution is 2.60. The Balaban J connectivity index is 1.36.